The van der Waals surface area contributed by atoms with Gasteiger partial charge in [-0.2, -0.15) is 0 Å². The van der Waals surface area contributed by atoms with Gasteiger partial charge in [0.15, 0.2) is 0 Å². The van der Waals surface area contributed by atoms with Crippen LogP contribution in [-0.4, -0.2) is 8.80 Å². The van der Waals surface area contributed by atoms with E-state index in [-0.39, 0.29) is 24.8 Å². The van der Waals surface area contributed by atoms with Crippen molar-refractivity contribution in [3.05, 3.63) is 43.0 Å². The van der Waals surface area contributed by atoms with Gasteiger partial charge in [0.1, 0.15) is 0 Å². The minimum atomic E-state index is -0.715. The Balaban J connectivity index is 0.00000200. The summed E-state index contributed by atoms with van der Waals surface area (Å²) >= 11 is 1.22. The number of halogens is 2. The van der Waals surface area contributed by atoms with Crippen LogP contribution < -0.4 is 24.8 Å². The summed E-state index contributed by atoms with van der Waals surface area (Å²) in [5, 5.41) is 1.83. The largest absolute Gasteiger partial charge is 1.00 e. The second-order valence-electron chi connectivity index (χ2n) is 7.10. The molecule has 0 heterocycles. The summed E-state index contributed by atoms with van der Waals surface area (Å²) < 4.78 is 1.76. The van der Waals surface area contributed by atoms with E-state index in [0.717, 1.165) is 6.42 Å². The van der Waals surface area contributed by atoms with E-state index in [1.165, 1.54) is 36.4 Å². The van der Waals surface area contributed by atoms with E-state index in [9.17, 15) is 0 Å². The molecule has 0 unspecified atom stereocenters. The maximum Gasteiger partial charge on any atom is -1.00 e. The number of hydrogen-bond acceptors (Lipinski definition) is 0. The Labute approximate surface area is 159 Å². The molecule has 0 bridgehead atoms. The Morgan fingerprint density at radius 3 is 2.10 bits per heavy atom. The average molecular weight is 507 g/mol. The van der Waals surface area contributed by atoms with Gasteiger partial charge in [-0.1, -0.05) is 0 Å². The minimum absolute atomic E-state index is 0. The van der Waals surface area contributed by atoms with Crippen molar-refractivity contribution >= 4 is 8.80 Å². The van der Waals surface area contributed by atoms with Gasteiger partial charge in [-0.3, -0.25) is 0 Å². The van der Waals surface area contributed by atoms with E-state index in [2.05, 4.69) is 52.9 Å². The van der Waals surface area contributed by atoms with Crippen molar-refractivity contribution < 1.29 is 49.2 Å². The molecule has 0 saturated heterocycles. The van der Waals surface area contributed by atoms with Crippen LogP contribution >= 0.6 is 0 Å². The maximum absolute atomic E-state index is 2.49. The van der Waals surface area contributed by atoms with E-state index >= 15 is 0 Å². The first-order valence-corrected chi connectivity index (χ1v) is 12.0. The summed E-state index contributed by atoms with van der Waals surface area (Å²) in [6.45, 7) is 14.5. The van der Waals surface area contributed by atoms with Crippen LogP contribution in [0.1, 0.15) is 40.5 Å². The molecule has 0 saturated carbocycles. The molecule has 0 nitrogen and oxygen atoms in total. The topological polar surface area (TPSA) is 0 Å². The molecule has 21 heavy (non-hydrogen) atoms. The van der Waals surface area contributed by atoms with Crippen LogP contribution in [-0.2, 0) is 24.4 Å². The van der Waals surface area contributed by atoms with Gasteiger partial charge in [-0.15, -0.1) is 0 Å². The molecule has 0 atom stereocenters. The summed E-state index contributed by atoms with van der Waals surface area (Å²) in [7, 11) is -0.715. The molecule has 0 spiro atoms. The third-order valence-electron chi connectivity index (χ3n) is 4.15. The monoisotopic (exact) mass is 507 g/mol. The zero-order valence-electron chi connectivity index (χ0n) is 13.9. The molecule has 0 N–H and O–H groups in total. The van der Waals surface area contributed by atoms with Crippen LogP contribution in [0.4, 0.5) is 0 Å². The van der Waals surface area contributed by atoms with Gasteiger partial charge in [0, 0.05) is 0 Å². The van der Waals surface area contributed by atoms with Crippen molar-refractivity contribution in [2.45, 2.75) is 53.6 Å². The van der Waals surface area contributed by atoms with Gasteiger partial charge < -0.3 is 24.8 Å². The molecule has 115 valence electrons. The minimum Gasteiger partial charge on any atom is -1.00 e. The molecule has 0 amide bonds. The van der Waals surface area contributed by atoms with Crippen LogP contribution in [0.15, 0.2) is 43.0 Å². The second-order valence-corrected chi connectivity index (χ2v) is 12.3. The van der Waals surface area contributed by atoms with Crippen molar-refractivity contribution in [2.75, 3.05) is 0 Å². The van der Waals surface area contributed by atoms with Gasteiger partial charge in [-0.05, 0) is 0 Å². The van der Waals surface area contributed by atoms with Gasteiger partial charge in [0.2, 0.25) is 0 Å². The Hall–Kier alpha value is 0.627. The third kappa shape index (κ3) is 4.34. The molecule has 0 aromatic carbocycles. The Bertz CT molecular complexity index is 531. The van der Waals surface area contributed by atoms with Crippen LogP contribution in [0.2, 0.25) is 13.1 Å². The number of hydrogen-bond donors (Lipinski definition) is 0. The average Bonchev–Trinajstić information content (AvgIpc) is 2.80. The molecule has 2 aliphatic rings. The Morgan fingerprint density at radius 1 is 1.14 bits per heavy atom. The molecule has 0 fully saturated rings. The fraction of sp³-hybridized carbons (Fsp3) is 0.529. The first-order chi connectivity index (χ1) is 8.73. The van der Waals surface area contributed by atoms with Crippen LogP contribution in [0.25, 0.3) is 0 Å². The van der Waals surface area contributed by atoms with Crippen molar-refractivity contribution in [3.8, 4) is 0 Å². The van der Waals surface area contributed by atoms with E-state index in [0.29, 0.717) is 5.41 Å². The first-order valence-electron chi connectivity index (χ1n) is 7.28. The maximum atomic E-state index is 2.49. The van der Waals surface area contributed by atoms with E-state index < -0.39 is 8.80 Å². The predicted molar refractivity (Wildman–Crippen MR) is 83.5 cm³/mol. The third-order valence-corrected chi connectivity index (χ3v) is 7.57. The molecule has 0 aromatic heterocycles. The van der Waals surface area contributed by atoms with Crippen molar-refractivity contribution in [2.24, 2.45) is 5.41 Å². The SMILES string of the molecule is CC1=C(C2=C([SiH](C)C)C[C]([Hf+2])=C2C(C)(C)C)CC=C1.[Cl-].[Cl-]. The standard InChI is InChI=1S/C17H25Si.2ClH.Hf/c1-12-8-7-9-13(12)16-14(17(2,3)4)10-11-15(16)18(5)6;;;/h7-8,18H,9,11H2,1-6H3;2*1H;/q;;;+2/p-2. The van der Waals surface area contributed by atoms with Crippen LogP contribution in [0.5, 0.6) is 0 Å². The van der Waals surface area contributed by atoms with Gasteiger partial charge in [-0.25, -0.2) is 0 Å². The molecular weight excluding hydrogens is 482 g/mol. The molecule has 0 radical (unpaired) electrons. The molecule has 2 aliphatic carbocycles. The fourth-order valence-corrected chi connectivity index (χ4v) is 7.98. The summed E-state index contributed by atoms with van der Waals surface area (Å²) in [4.78, 5) is 0. The van der Waals surface area contributed by atoms with Gasteiger partial charge in [0.25, 0.3) is 0 Å². The summed E-state index contributed by atoms with van der Waals surface area (Å²) in [5.74, 6) is 0. The molecule has 2 rings (SSSR count). The molecular formula is C17H25Cl2HfSi. The fourth-order valence-electron chi connectivity index (χ4n) is 3.26. The number of rotatable bonds is 2. The predicted octanol–water partition coefficient (Wildman–Crippen LogP) is -1.16. The van der Waals surface area contributed by atoms with E-state index in [1.54, 1.807) is 20.0 Å². The Kier molecular flexibility index (Phi) is 8.18. The van der Waals surface area contributed by atoms with Crippen molar-refractivity contribution in [1.82, 2.24) is 0 Å². The van der Waals surface area contributed by atoms with Crippen molar-refractivity contribution in [1.29, 1.82) is 0 Å². The normalized spacial score (nSPS) is 18.7. The quantitative estimate of drug-likeness (QED) is 0.415. The first kappa shape index (κ1) is 21.6. The number of allylic oxidation sites excluding steroid dienone is 8. The van der Waals surface area contributed by atoms with Crippen LogP contribution in [0, 0.1) is 5.41 Å². The van der Waals surface area contributed by atoms with E-state index in [1.807, 2.05) is 5.20 Å². The smallest absolute Gasteiger partial charge is 1.00 e. The van der Waals surface area contributed by atoms with Gasteiger partial charge >= 0.3 is 135 Å². The second kappa shape index (κ2) is 7.94. The van der Waals surface area contributed by atoms with Gasteiger partial charge in [0.05, 0.1) is 0 Å². The zero-order valence-corrected chi connectivity index (χ0v) is 20.2. The summed E-state index contributed by atoms with van der Waals surface area (Å²) in [6, 6.07) is 0. The summed E-state index contributed by atoms with van der Waals surface area (Å²) in [5.41, 5.74) is 6.83. The zero-order chi connectivity index (χ0) is 14.4. The molecule has 0 aromatic rings. The molecule has 0 aliphatic heterocycles. The molecule has 4 heteroatoms. The summed E-state index contributed by atoms with van der Waals surface area (Å²) in [6.07, 6.45) is 7.10. The van der Waals surface area contributed by atoms with Crippen LogP contribution in [0.3, 0.4) is 0 Å². The Morgan fingerprint density at radius 2 is 1.71 bits per heavy atom. The van der Waals surface area contributed by atoms with Crippen molar-refractivity contribution in [3.63, 3.8) is 0 Å². The van der Waals surface area contributed by atoms with E-state index in [4.69, 9.17) is 0 Å².